The highest BCUT2D eigenvalue weighted by atomic mass is 79.9. The predicted octanol–water partition coefficient (Wildman–Crippen LogP) is 3.95. The Hall–Kier alpha value is -1.38. The van der Waals surface area contributed by atoms with Crippen molar-refractivity contribution in [3.05, 3.63) is 44.8 Å². The first kappa shape index (κ1) is 12.1. The molecule has 1 unspecified atom stereocenters. The van der Waals surface area contributed by atoms with E-state index >= 15 is 0 Å². The summed E-state index contributed by atoms with van der Waals surface area (Å²) in [6.07, 6.45) is 0. The minimum absolute atomic E-state index is 0.0858. The van der Waals surface area contributed by atoms with Gasteiger partial charge in [-0.2, -0.15) is 5.26 Å². The molecule has 2 aromatic rings. The van der Waals surface area contributed by atoms with E-state index in [2.05, 4.69) is 32.3 Å². The summed E-state index contributed by atoms with van der Waals surface area (Å²) in [5.41, 5.74) is 4.25. The van der Waals surface area contributed by atoms with Crippen LogP contribution >= 0.6 is 27.3 Å². The van der Waals surface area contributed by atoms with Crippen LogP contribution in [0.3, 0.4) is 0 Å². The van der Waals surface area contributed by atoms with Crippen molar-refractivity contribution < 1.29 is 0 Å². The monoisotopic (exact) mass is 307 g/mol. The Kier molecular flexibility index (Phi) is 3.77. The maximum Gasteiger partial charge on any atom is 0.101 e. The second kappa shape index (κ2) is 5.30. The second-order valence-electron chi connectivity index (χ2n) is 3.58. The zero-order valence-corrected chi connectivity index (χ0v) is 11.5. The molecular formula is C12H10BrN3S. The van der Waals surface area contributed by atoms with Gasteiger partial charge in [0.05, 0.1) is 28.5 Å². The van der Waals surface area contributed by atoms with Crippen molar-refractivity contribution in [2.75, 3.05) is 5.32 Å². The van der Waals surface area contributed by atoms with Crippen LogP contribution in [-0.2, 0) is 0 Å². The minimum Gasteiger partial charge on any atom is -0.376 e. The maximum absolute atomic E-state index is 9.03. The van der Waals surface area contributed by atoms with Crippen LogP contribution < -0.4 is 5.32 Å². The molecule has 0 fully saturated rings. The number of aromatic nitrogens is 1. The van der Waals surface area contributed by atoms with Crippen molar-refractivity contribution in [1.29, 1.82) is 5.26 Å². The Balaban J connectivity index is 2.24. The zero-order chi connectivity index (χ0) is 12.3. The lowest BCUT2D eigenvalue weighted by Gasteiger charge is -2.14. The first-order chi connectivity index (χ1) is 8.20. The molecule has 0 aliphatic carbocycles. The topological polar surface area (TPSA) is 48.7 Å². The van der Waals surface area contributed by atoms with Gasteiger partial charge in [-0.05, 0) is 25.1 Å². The Bertz CT molecular complexity index is 545. The van der Waals surface area contributed by atoms with Crippen molar-refractivity contribution in [2.45, 2.75) is 13.0 Å². The highest BCUT2D eigenvalue weighted by molar-refractivity contribution is 9.10. The van der Waals surface area contributed by atoms with Gasteiger partial charge >= 0.3 is 0 Å². The number of thiazole rings is 1. The van der Waals surface area contributed by atoms with E-state index in [4.69, 9.17) is 5.26 Å². The zero-order valence-electron chi connectivity index (χ0n) is 9.14. The molecular weight excluding hydrogens is 298 g/mol. The average molecular weight is 308 g/mol. The molecule has 86 valence electrons. The Morgan fingerprint density at radius 3 is 3.00 bits per heavy atom. The standard InChI is InChI=1S/C12H10BrN3S/c1-8(12-6-17-7-15-12)16-11-4-10(13)3-2-9(11)5-14/h2-4,6-8,16H,1H3. The molecule has 0 amide bonds. The average Bonchev–Trinajstić information content (AvgIpc) is 2.83. The van der Waals surface area contributed by atoms with E-state index < -0.39 is 0 Å². The number of anilines is 1. The molecule has 0 aliphatic rings. The summed E-state index contributed by atoms with van der Waals surface area (Å²) in [4.78, 5) is 4.25. The molecule has 0 spiro atoms. The van der Waals surface area contributed by atoms with E-state index in [9.17, 15) is 0 Å². The fourth-order valence-corrected chi connectivity index (χ4v) is 2.49. The van der Waals surface area contributed by atoms with Gasteiger partial charge in [0, 0.05) is 9.85 Å². The highest BCUT2D eigenvalue weighted by Crippen LogP contribution is 2.25. The number of hydrogen-bond donors (Lipinski definition) is 1. The van der Waals surface area contributed by atoms with Crippen molar-refractivity contribution in [2.24, 2.45) is 0 Å². The van der Waals surface area contributed by atoms with Crippen LogP contribution in [0.4, 0.5) is 5.69 Å². The normalized spacial score (nSPS) is 11.8. The van der Waals surface area contributed by atoms with Crippen LogP contribution in [-0.4, -0.2) is 4.98 Å². The van der Waals surface area contributed by atoms with E-state index in [1.807, 2.05) is 24.4 Å². The Morgan fingerprint density at radius 2 is 2.35 bits per heavy atom. The van der Waals surface area contributed by atoms with E-state index in [1.54, 1.807) is 22.9 Å². The van der Waals surface area contributed by atoms with Crippen LogP contribution in [0.25, 0.3) is 0 Å². The minimum atomic E-state index is 0.0858. The van der Waals surface area contributed by atoms with Gasteiger partial charge in [0.1, 0.15) is 6.07 Å². The smallest absolute Gasteiger partial charge is 0.101 e. The molecule has 2 rings (SSSR count). The first-order valence-electron chi connectivity index (χ1n) is 5.05. The molecule has 1 heterocycles. The second-order valence-corrected chi connectivity index (χ2v) is 5.22. The molecule has 0 bridgehead atoms. The third-order valence-electron chi connectivity index (χ3n) is 2.37. The number of nitrogens with zero attached hydrogens (tertiary/aromatic N) is 2. The highest BCUT2D eigenvalue weighted by Gasteiger charge is 2.10. The lowest BCUT2D eigenvalue weighted by atomic mass is 10.1. The van der Waals surface area contributed by atoms with Crippen molar-refractivity contribution >= 4 is 33.0 Å². The van der Waals surface area contributed by atoms with E-state index in [1.165, 1.54) is 0 Å². The quantitative estimate of drug-likeness (QED) is 0.934. The lowest BCUT2D eigenvalue weighted by molar-refractivity contribution is 0.849. The summed E-state index contributed by atoms with van der Waals surface area (Å²) in [6, 6.07) is 7.81. The molecule has 0 aliphatic heterocycles. The fraction of sp³-hybridized carbons (Fsp3) is 0.167. The van der Waals surface area contributed by atoms with Crippen molar-refractivity contribution in [3.63, 3.8) is 0 Å². The van der Waals surface area contributed by atoms with Gasteiger partial charge in [0.15, 0.2) is 0 Å². The summed E-state index contributed by atoms with van der Waals surface area (Å²) in [5.74, 6) is 0. The summed E-state index contributed by atoms with van der Waals surface area (Å²) >= 11 is 4.97. The van der Waals surface area contributed by atoms with Gasteiger partial charge in [0.2, 0.25) is 0 Å². The van der Waals surface area contributed by atoms with Gasteiger partial charge in [-0.1, -0.05) is 15.9 Å². The molecule has 0 radical (unpaired) electrons. The maximum atomic E-state index is 9.03. The van der Waals surface area contributed by atoms with Gasteiger partial charge in [-0.15, -0.1) is 11.3 Å². The van der Waals surface area contributed by atoms with Crippen molar-refractivity contribution in [1.82, 2.24) is 4.98 Å². The molecule has 1 aromatic carbocycles. The third kappa shape index (κ3) is 2.84. The van der Waals surface area contributed by atoms with Crippen molar-refractivity contribution in [3.8, 4) is 6.07 Å². The van der Waals surface area contributed by atoms with E-state index in [-0.39, 0.29) is 6.04 Å². The number of nitrogens with one attached hydrogen (secondary N) is 1. The number of nitriles is 1. The summed E-state index contributed by atoms with van der Waals surface area (Å²) < 4.78 is 0.949. The molecule has 1 atom stereocenters. The third-order valence-corrected chi connectivity index (χ3v) is 3.47. The Morgan fingerprint density at radius 1 is 1.53 bits per heavy atom. The number of rotatable bonds is 3. The molecule has 0 saturated carbocycles. The number of benzene rings is 1. The molecule has 1 N–H and O–H groups in total. The summed E-state index contributed by atoms with van der Waals surface area (Å²) in [6.45, 7) is 2.02. The van der Waals surface area contributed by atoms with E-state index in [0.29, 0.717) is 5.56 Å². The van der Waals surface area contributed by atoms with Gasteiger partial charge in [-0.3, -0.25) is 0 Å². The van der Waals surface area contributed by atoms with Crippen LogP contribution in [0.5, 0.6) is 0 Å². The summed E-state index contributed by atoms with van der Waals surface area (Å²) in [7, 11) is 0. The molecule has 1 aromatic heterocycles. The summed E-state index contributed by atoms with van der Waals surface area (Å²) in [5, 5.41) is 14.3. The van der Waals surface area contributed by atoms with Crippen LogP contribution in [0.2, 0.25) is 0 Å². The van der Waals surface area contributed by atoms with Gasteiger partial charge in [0.25, 0.3) is 0 Å². The van der Waals surface area contributed by atoms with E-state index in [0.717, 1.165) is 15.9 Å². The van der Waals surface area contributed by atoms with Crippen LogP contribution in [0.1, 0.15) is 24.2 Å². The molecule has 3 nitrogen and oxygen atoms in total. The van der Waals surface area contributed by atoms with Gasteiger partial charge in [-0.25, -0.2) is 4.98 Å². The molecule has 0 saturated heterocycles. The van der Waals surface area contributed by atoms with Crippen LogP contribution in [0, 0.1) is 11.3 Å². The molecule has 5 heteroatoms. The predicted molar refractivity (Wildman–Crippen MR) is 73.0 cm³/mol. The lowest BCUT2D eigenvalue weighted by Crippen LogP contribution is -2.08. The number of halogens is 1. The van der Waals surface area contributed by atoms with Crippen LogP contribution in [0.15, 0.2) is 33.6 Å². The molecule has 17 heavy (non-hydrogen) atoms. The van der Waals surface area contributed by atoms with Gasteiger partial charge < -0.3 is 5.32 Å². The Labute approximate surface area is 112 Å². The SMILES string of the molecule is CC(Nc1cc(Br)ccc1C#N)c1cscn1. The fourth-order valence-electron chi connectivity index (χ4n) is 1.48. The largest absolute Gasteiger partial charge is 0.376 e. The first-order valence-corrected chi connectivity index (χ1v) is 6.78. The number of hydrogen-bond acceptors (Lipinski definition) is 4.